The molecule has 1 saturated carbocycles. The van der Waals surface area contributed by atoms with Crippen LogP contribution in [0.2, 0.25) is 0 Å². The van der Waals surface area contributed by atoms with E-state index in [1.165, 1.54) is 12.1 Å². The minimum Gasteiger partial charge on any atom is -0.381 e. The summed E-state index contributed by atoms with van der Waals surface area (Å²) in [6.07, 6.45) is -0.200. The van der Waals surface area contributed by atoms with E-state index in [1.807, 2.05) is 18.2 Å². The zero-order valence-corrected chi connectivity index (χ0v) is 19.3. The molecule has 2 aromatic rings. The van der Waals surface area contributed by atoms with E-state index in [2.05, 4.69) is 5.32 Å². The minimum absolute atomic E-state index is 0.0286. The van der Waals surface area contributed by atoms with Crippen LogP contribution in [-0.2, 0) is 20.4 Å². The molecule has 1 amide bonds. The van der Waals surface area contributed by atoms with E-state index in [0.29, 0.717) is 31.5 Å². The molecule has 1 atom stereocenters. The first kappa shape index (κ1) is 24.5. The molecule has 0 spiro atoms. The third-order valence-electron chi connectivity index (χ3n) is 6.66. The lowest BCUT2D eigenvalue weighted by molar-refractivity contribution is -0.137. The summed E-state index contributed by atoms with van der Waals surface area (Å²) in [4.78, 5) is 14.9. The van der Waals surface area contributed by atoms with Crippen LogP contribution < -0.4 is 10.2 Å². The Labute approximate surface area is 198 Å². The molecule has 1 heterocycles. The van der Waals surface area contributed by atoms with Gasteiger partial charge < -0.3 is 19.7 Å². The average Bonchev–Trinajstić information content (AvgIpc) is 3.36. The van der Waals surface area contributed by atoms with Crippen LogP contribution in [0.15, 0.2) is 48.5 Å². The van der Waals surface area contributed by atoms with Crippen LogP contribution in [0.4, 0.5) is 24.5 Å². The molecule has 184 valence electrons. The van der Waals surface area contributed by atoms with Crippen molar-refractivity contribution in [3.8, 4) is 0 Å². The monoisotopic (exact) mass is 476 g/mol. The van der Waals surface area contributed by atoms with Gasteiger partial charge in [-0.3, -0.25) is 4.79 Å². The van der Waals surface area contributed by atoms with Gasteiger partial charge in [-0.1, -0.05) is 43.2 Å². The Morgan fingerprint density at radius 2 is 1.68 bits per heavy atom. The number of benzene rings is 2. The molecule has 4 rings (SSSR count). The highest BCUT2D eigenvalue weighted by molar-refractivity contribution is 5.95. The molecule has 1 N–H and O–H groups in total. The van der Waals surface area contributed by atoms with Crippen LogP contribution in [0, 0.1) is 0 Å². The standard InChI is InChI=1S/C26H31F3N2O3/c1-33-20-13-15-31(16-14-20)23-12-11-19(17-22(23)26(27,28)29)30-25(32)24(18-7-3-2-4-8-18)34-21-9-5-6-10-21/h2-4,7-8,11-12,17,20-21,24H,5-6,9-10,13-16H2,1H3,(H,30,32). The smallest absolute Gasteiger partial charge is 0.381 e. The number of hydrogen-bond donors (Lipinski definition) is 1. The molecular weight excluding hydrogens is 445 g/mol. The van der Waals surface area contributed by atoms with Crippen LogP contribution in [0.5, 0.6) is 0 Å². The lowest BCUT2D eigenvalue weighted by Crippen LogP contribution is -2.37. The molecule has 0 radical (unpaired) electrons. The number of halogens is 3. The molecule has 2 aromatic carbocycles. The Hall–Kier alpha value is -2.58. The largest absolute Gasteiger partial charge is 0.418 e. The molecule has 1 unspecified atom stereocenters. The number of methoxy groups -OCH3 is 1. The van der Waals surface area contributed by atoms with Crippen LogP contribution in [-0.4, -0.2) is 38.3 Å². The van der Waals surface area contributed by atoms with Gasteiger partial charge >= 0.3 is 6.18 Å². The van der Waals surface area contributed by atoms with Crippen molar-refractivity contribution in [3.05, 3.63) is 59.7 Å². The number of nitrogens with one attached hydrogen (secondary N) is 1. The zero-order valence-electron chi connectivity index (χ0n) is 19.3. The fraction of sp³-hybridized carbons (Fsp3) is 0.500. The van der Waals surface area contributed by atoms with Gasteiger partial charge in [-0.15, -0.1) is 0 Å². The first-order valence-electron chi connectivity index (χ1n) is 11.9. The molecule has 2 aliphatic rings. The Morgan fingerprint density at radius 1 is 1.00 bits per heavy atom. The molecule has 0 bridgehead atoms. The number of alkyl halides is 3. The molecule has 5 nitrogen and oxygen atoms in total. The normalized spacial score (nSPS) is 18.8. The van der Waals surface area contributed by atoms with Crippen molar-refractivity contribution in [2.75, 3.05) is 30.4 Å². The average molecular weight is 477 g/mol. The third kappa shape index (κ3) is 5.91. The van der Waals surface area contributed by atoms with Crippen molar-refractivity contribution in [1.82, 2.24) is 0 Å². The predicted molar refractivity (Wildman–Crippen MR) is 125 cm³/mol. The fourth-order valence-electron chi connectivity index (χ4n) is 4.79. The summed E-state index contributed by atoms with van der Waals surface area (Å²) < 4.78 is 53.4. The minimum atomic E-state index is -4.55. The Morgan fingerprint density at radius 3 is 2.29 bits per heavy atom. The fourth-order valence-corrected chi connectivity index (χ4v) is 4.79. The summed E-state index contributed by atoms with van der Waals surface area (Å²) in [5, 5.41) is 2.67. The van der Waals surface area contributed by atoms with Crippen molar-refractivity contribution in [3.63, 3.8) is 0 Å². The van der Waals surface area contributed by atoms with Gasteiger partial charge in [0.1, 0.15) is 0 Å². The first-order valence-corrected chi connectivity index (χ1v) is 11.9. The quantitative estimate of drug-likeness (QED) is 0.536. The molecule has 1 saturated heterocycles. The predicted octanol–water partition coefficient (Wildman–Crippen LogP) is 5.96. The Bertz CT molecular complexity index is 954. The highest BCUT2D eigenvalue weighted by atomic mass is 19.4. The second kappa shape index (κ2) is 10.8. The number of ether oxygens (including phenoxy) is 2. The molecule has 2 fully saturated rings. The second-order valence-corrected chi connectivity index (χ2v) is 8.97. The van der Waals surface area contributed by atoms with Gasteiger partial charge in [-0.05, 0) is 49.4 Å². The van der Waals surface area contributed by atoms with E-state index in [9.17, 15) is 18.0 Å². The van der Waals surface area contributed by atoms with Gasteiger partial charge in [0.2, 0.25) is 0 Å². The number of carbonyl (C=O) groups excluding carboxylic acids is 1. The lowest BCUT2D eigenvalue weighted by atomic mass is 10.0. The first-order chi connectivity index (χ1) is 16.3. The lowest BCUT2D eigenvalue weighted by Gasteiger charge is -2.34. The van der Waals surface area contributed by atoms with Crippen molar-refractivity contribution in [2.24, 2.45) is 0 Å². The number of rotatable bonds is 7. The summed E-state index contributed by atoms with van der Waals surface area (Å²) in [7, 11) is 1.62. The summed E-state index contributed by atoms with van der Waals surface area (Å²) in [6.45, 7) is 0.969. The maximum absolute atomic E-state index is 14.0. The van der Waals surface area contributed by atoms with Gasteiger partial charge in [0.25, 0.3) is 5.91 Å². The zero-order chi connectivity index (χ0) is 24.1. The molecule has 1 aliphatic heterocycles. The summed E-state index contributed by atoms with van der Waals surface area (Å²) in [6, 6.07) is 13.1. The summed E-state index contributed by atoms with van der Waals surface area (Å²) in [5.41, 5.74) is 0.153. The third-order valence-corrected chi connectivity index (χ3v) is 6.66. The van der Waals surface area contributed by atoms with Crippen molar-refractivity contribution in [2.45, 2.75) is 63.0 Å². The second-order valence-electron chi connectivity index (χ2n) is 8.97. The highest BCUT2D eigenvalue weighted by Gasteiger charge is 2.36. The number of piperidine rings is 1. The molecule has 34 heavy (non-hydrogen) atoms. The van der Waals surface area contributed by atoms with Gasteiger partial charge in [0.05, 0.1) is 17.8 Å². The molecule has 1 aliphatic carbocycles. The number of amides is 1. The SMILES string of the molecule is COC1CCN(c2ccc(NC(=O)C(OC3CCCC3)c3ccccc3)cc2C(F)(F)F)CC1. The van der Waals surface area contributed by atoms with E-state index in [4.69, 9.17) is 9.47 Å². The van der Waals surface area contributed by atoms with Crippen molar-refractivity contribution < 1.29 is 27.4 Å². The molecule has 8 heteroatoms. The topological polar surface area (TPSA) is 50.8 Å². The van der Waals surface area contributed by atoms with Gasteiger partial charge in [-0.2, -0.15) is 13.2 Å². The van der Waals surface area contributed by atoms with E-state index >= 15 is 0 Å². The van der Waals surface area contributed by atoms with Crippen LogP contribution in [0.25, 0.3) is 0 Å². The van der Waals surface area contributed by atoms with Crippen molar-refractivity contribution in [1.29, 1.82) is 0 Å². The van der Waals surface area contributed by atoms with Crippen LogP contribution in [0.3, 0.4) is 0 Å². The number of nitrogens with zero attached hydrogens (tertiary/aromatic N) is 1. The van der Waals surface area contributed by atoms with E-state index < -0.39 is 23.8 Å². The van der Waals surface area contributed by atoms with Crippen LogP contribution in [0.1, 0.15) is 55.8 Å². The summed E-state index contributed by atoms with van der Waals surface area (Å²) in [5.74, 6) is -0.472. The van der Waals surface area contributed by atoms with Crippen LogP contribution >= 0.6 is 0 Å². The Balaban J connectivity index is 1.55. The van der Waals surface area contributed by atoms with Gasteiger partial charge in [0, 0.05) is 31.6 Å². The highest BCUT2D eigenvalue weighted by Crippen LogP contribution is 2.39. The van der Waals surface area contributed by atoms with Crippen molar-refractivity contribution >= 4 is 17.3 Å². The van der Waals surface area contributed by atoms with Gasteiger partial charge in [-0.25, -0.2) is 0 Å². The number of hydrogen-bond acceptors (Lipinski definition) is 4. The number of carbonyl (C=O) groups is 1. The van der Waals surface area contributed by atoms with E-state index in [0.717, 1.165) is 31.7 Å². The Kier molecular flexibility index (Phi) is 7.78. The van der Waals surface area contributed by atoms with Gasteiger partial charge in [0.15, 0.2) is 6.10 Å². The van der Waals surface area contributed by atoms with E-state index in [1.54, 1.807) is 24.1 Å². The van der Waals surface area contributed by atoms with E-state index in [-0.39, 0.29) is 23.6 Å². The summed E-state index contributed by atoms with van der Waals surface area (Å²) >= 11 is 0. The maximum atomic E-state index is 14.0. The number of anilines is 2. The molecule has 0 aromatic heterocycles. The molecular formula is C26H31F3N2O3. The maximum Gasteiger partial charge on any atom is 0.418 e.